The van der Waals surface area contributed by atoms with E-state index in [1.807, 2.05) is 23.5 Å². The summed E-state index contributed by atoms with van der Waals surface area (Å²) in [4.78, 5) is 0. The van der Waals surface area contributed by atoms with Crippen LogP contribution in [0.2, 0.25) is 0 Å². The van der Waals surface area contributed by atoms with Crippen LogP contribution in [-0.2, 0) is 13.6 Å². The van der Waals surface area contributed by atoms with Crippen molar-refractivity contribution in [1.29, 1.82) is 0 Å². The largest absolute Gasteiger partial charge is 0.310 e. The maximum atomic E-state index is 4.32. The molecule has 1 aromatic heterocycles. The van der Waals surface area contributed by atoms with Crippen LogP contribution < -0.4 is 5.32 Å². The molecule has 0 fully saturated rings. The highest BCUT2D eigenvalue weighted by atomic mass is 32.2. The lowest BCUT2D eigenvalue weighted by atomic mass is 10.2. The summed E-state index contributed by atoms with van der Waals surface area (Å²) in [7, 11) is 1.97. The van der Waals surface area contributed by atoms with Crippen LogP contribution in [0, 0.1) is 6.92 Å². The molecule has 3 nitrogen and oxygen atoms in total. The Balaban J connectivity index is 2.33. The van der Waals surface area contributed by atoms with Crippen LogP contribution >= 0.6 is 11.8 Å². The van der Waals surface area contributed by atoms with Crippen LogP contribution in [0.3, 0.4) is 0 Å². The molecule has 1 unspecified atom stereocenters. The molecule has 1 heterocycles. The number of aryl methyl sites for hydroxylation is 2. The lowest BCUT2D eigenvalue weighted by molar-refractivity contribution is 0.536. The van der Waals surface area contributed by atoms with Gasteiger partial charge >= 0.3 is 0 Å². The first-order valence-electron chi connectivity index (χ1n) is 5.35. The van der Waals surface area contributed by atoms with Gasteiger partial charge in [0.2, 0.25) is 0 Å². The van der Waals surface area contributed by atoms with E-state index in [1.54, 1.807) is 0 Å². The van der Waals surface area contributed by atoms with Gasteiger partial charge in [-0.25, -0.2) is 0 Å². The van der Waals surface area contributed by atoms with Crippen molar-refractivity contribution in [2.24, 2.45) is 7.05 Å². The van der Waals surface area contributed by atoms with Crippen LogP contribution in [-0.4, -0.2) is 27.8 Å². The van der Waals surface area contributed by atoms with Gasteiger partial charge in [0.05, 0.1) is 5.69 Å². The molecule has 4 heteroatoms. The number of nitrogens with zero attached hydrogens (tertiary/aromatic N) is 2. The van der Waals surface area contributed by atoms with Crippen molar-refractivity contribution in [3.8, 4) is 0 Å². The highest BCUT2D eigenvalue weighted by molar-refractivity contribution is 7.98. The van der Waals surface area contributed by atoms with E-state index in [0.717, 1.165) is 12.2 Å². The van der Waals surface area contributed by atoms with Crippen molar-refractivity contribution in [2.45, 2.75) is 32.9 Å². The summed E-state index contributed by atoms with van der Waals surface area (Å²) in [5.41, 5.74) is 2.43. The Morgan fingerprint density at radius 1 is 1.60 bits per heavy atom. The molecule has 0 aliphatic heterocycles. The van der Waals surface area contributed by atoms with Crippen LogP contribution in [0.1, 0.15) is 24.6 Å². The van der Waals surface area contributed by atoms with Gasteiger partial charge in [-0.05, 0) is 32.3 Å². The molecule has 0 aliphatic rings. The summed E-state index contributed by atoms with van der Waals surface area (Å²) in [6, 6.07) is 0.581. The van der Waals surface area contributed by atoms with Gasteiger partial charge in [-0.1, -0.05) is 0 Å². The van der Waals surface area contributed by atoms with E-state index >= 15 is 0 Å². The fraction of sp³-hybridized carbons (Fsp3) is 0.727. The van der Waals surface area contributed by atoms with Crippen LogP contribution in [0.25, 0.3) is 0 Å². The first-order chi connectivity index (χ1) is 7.13. The number of hydrogen-bond acceptors (Lipinski definition) is 3. The Hall–Kier alpha value is -0.480. The summed E-state index contributed by atoms with van der Waals surface area (Å²) in [6.07, 6.45) is 5.46. The van der Waals surface area contributed by atoms with Gasteiger partial charge in [0.1, 0.15) is 0 Å². The summed E-state index contributed by atoms with van der Waals surface area (Å²) in [5, 5.41) is 7.84. The Bertz CT molecular complexity index is 296. The molecule has 0 bridgehead atoms. The molecule has 0 saturated carbocycles. The molecule has 1 N–H and O–H groups in total. The quantitative estimate of drug-likeness (QED) is 0.805. The third-order valence-electron chi connectivity index (χ3n) is 2.51. The molecule has 0 amide bonds. The maximum absolute atomic E-state index is 4.32. The second-order valence-electron chi connectivity index (χ2n) is 3.98. The van der Waals surface area contributed by atoms with Crippen molar-refractivity contribution in [3.05, 3.63) is 17.5 Å². The maximum Gasteiger partial charge on any atom is 0.0638 e. The highest BCUT2D eigenvalue weighted by Crippen LogP contribution is 2.06. The van der Waals surface area contributed by atoms with E-state index in [9.17, 15) is 0 Å². The van der Waals surface area contributed by atoms with Crippen molar-refractivity contribution >= 4 is 11.8 Å². The van der Waals surface area contributed by atoms with Gasteiger partial charge in [0.15, 0.2) is 0 Å². The summed E-state index contributed by atoms with van der Waals surface area (Å²) in [5.74, 6) is 1.22. The van der Waals surface area contributed by atoms with Crippen LogP contribution in [0.4, 0.5) is 0 Å². The Kier molecular flexibility index (Phi) is 5.19. The molecule has 0 spiro atoms. The van der Waals surface area contributed by atoms with Gasteiger partial charge in [-0.2, -0.15) is 16.9 Å². The molecule has 0 aliphatic carbocycles. The normalized spacial score (nSPS) is 13.1. The lowest BCUT2D eigenvalue weighted by Crippen LogP contribution is -2.26. The van der Waals surface area contributed by atoms with Gasteiger partial charge < -0.3 is 5.32 Å². The average Bonchev–Trinajstić information content (AvgIpc) is 2.51. The van der Waals surface area contributed by atoms with E-state index in [0.29, 0.717) is 6.04 Å². The fourth-order valence-corrected chi connectivity index (χ4v) is 2.09. The first-order valence-corrected chi connectivity index (χ1v) is 6.74. The Morgan fingerprint density at radius 3 is 2.87 bits per heavy atom. The van der Waals surface area contributed by atoms with Crippen molar-refractivity contribution in [3.63, 3.8) is 0 Å². The number of thioether (sulfide) groups is 1. The van der Waals surface area contributed by atoms with Crippen LogP contribution in [0.5, 0.6) is 0 Å². The number of hydrogen-bond donors (Lipinski definition) is 1. The minimum absolute atomic E-state index is 0.581. The van der Waals surface area contributed by atoms with E-state index in [1.165, 1.54) is 17.7 Å². The zero-order valence-electron chi connectivity index (χ0n) is 10.1. The van der Waals surface area contributed by atoms with Gasteiger partial charge in [-0.3, -0.25) is 4.68 Å². The minimum Gasteiger partial charge on any atom is -0.310 e. The topological polar surface area (TPSA) is 29.9 Å². The molecular weight excluding hydrogens is 206 g/mol. The zero-order valence-corrected chi connectivity index (χ0v) is 10.9. The molecule has 1 rings (SSSR count). The van der Waals surface area contributed by atoms with Crippen molar-refractivity contribution in [2.75, 3.05) is 12.0 Å². The summed E-state index contributed by atoms with van der Waals surface area (Å²) >= 11 is 1.90. The summed E-state index contributed by atoms with van der Waals surface area (Å²) < 4.78 is 1.87. The summed E-state index contributed by atoms with van der Waals surface area (Å²) in [6.45, 7) is 5.22. The standard InChI is InChI=1S/C11H21N3S/c1-9(5-6-15-4)12-7-11-8-14(3)13-10(11)2/h8-9,12H,5-7H2,1-4H3. The molecule has 1 atom stereocenters. The first kappa shape index (κ1) is 12.6. The molecule has 15 heavy (non-hydrogen) atoms. The molecule has 86 valence electrons. The second-order valence-corrected chi connectivity index (χ2v) is 4.96. The SMILES string of the molecule is CSCCC(C)NCc1cn(C)nc1C. The smallest absolute Gasteiger partial charge is 0.0638 e. The van der Waals surface area contributed by atoms with Crippen molar-refractivity contribution < 1.29 is 0 Å². The second kappa shape index (κ2) is 6.18. The predicted molar refractivity (Wildman–Crippen MR) is 67.2 cm³/mol. The lowest BCUT2D eigenvalue weighted by Gasteiger charge is -2.12. The van der Waals surface area contributed by atoms with E-state index < -0.39 is 0 Å². The third kappa shape index (κ3) is 4.26. The molecule has 1 aromatic rings. The van der Waals surface area contributed by atoms with Gasteiger partial charge in [0.25, 0.3) is 0 Å². The van der Waals surface area contributed by atoms with Gasteiger partial charge in [0, 0.05) is 31.4 Å². The molecule has 0 saturated heterocycles. The van der Waals surface area contributed by atoms with E-state index in [4.69, 9.17) is 0 Å². The van der Waals surface area contributed by atoms with Crippen molar-refractivity contribution in [1.82, 2.24) is 15.1 Å². The average molecular weight is 227 g/mol. The highest BCUT2D eigenvalue weighted by Gasteiger charge is 2.05. The predicted octanol–water partition coefficient (Wildman–Crippen LogP) is 1.96. The molecule has 0 radical (unpaired) electrons. The van der Waals surface area contributed by atoms with Crippen LogP contribution in [0.15, 0.2) is 6.20 Å². The molecule has 0 aromatic carbocycles. The van der Waals surface area contributed by atoms with Gasteiger partial charge in [-0.15, -0.1) is 0 Å². The number of nitrogens with one attached hydrogen (secondary N) is 1. The molecular formula is C11H21N3S. The van der Waals surface area contributed by atoms with E-state index in [-0.39, 0.29) is 0 Å². The van der Waals surface area contributed by atoms with E-state index in [2.05, 4.69) is 36.7 Å². The Morgan fingerprint density at radius 2 is 2.33 bits per heavy atom. The minimum atomic E-state index is 0.581. The monoisotopic (exact) mass is 227 g/mol. The fourth-order valence-electron chi connectivity index (χ4n) is 1.50. The Labute approximate surface area is 96.6 Å². The number of rotatable bonds is 6. The number of aromatic nitrogens is 2. The zero-order chi connectivity index (χ0) is 11.3. The third-order valence-corrected chi connectivity index (χ3v) is 3.16.